The van der Waals surface area contributed by atoms with Crippen LogP contribution in [0.25, 0.3) is 33.7 Å². The Hall–Kier alpha value is -3.12. The fourth-order valence-corrected chi connectivity index (χ4v) is 2.87. The maximum Gasteiger partial charge on any atom is 0.259 e. The van der Waals surface area contributed by atoms with E-state index in [2.05, 4.69) is 15.1 Å². The van der Waals surface area contributed by atoms with Gasteiger partial charge >= 0.3 is 0 Å². The van der Waals surface area contributed by atoms with Gasteiger partial charge in [-0.3, -0.25) is 0 Å². The molecule has 0 aliphatic heterocycles. The van der Waals surface area contributed by atoms with Crippen molar-refractivity contribution in [3.8, 4) is 34.5 Å². The van der Waals surface area contributed by atoms with Crippen molar-refractivity contribution in [2.24, 2.45) is 0 Å². The predicted octanol–water partition coefficient (Wildman–Crippen LogP) is 4.62. The molecule has 0 aliphatic rings. The highest BCUT2D eigenvalue weighted by molar-refractivity contribution is 6.33. The number of nitrogens with zero attached hydrogens (tertiary/aromatic N) is 3. The second-order valence-electron chi connectivity index (χ2n) is 5.51. The molecule has 7 heteroatoms. The first kappa shape index (κ1) is 16.4. The summed E-state index contributed by atoms with van der Waals surface area (Å²) in [7, 11) is 3.17. The number of hydrogen-bond donors (Lipinski definition) is 0. The molecule has 0 atom stereocenters. The molecule has 0 unspecified atom stereocenters. The van der Waals surface area contributed by atoms with Crippen molar-refractivity contribution in [1.82, 2.24) is 15.1 Å². The minimum Gasteiger partial charge on any atom is -0.497 e. The van der Waals surface area contributed by atoms with Gasteiger partial charge in [0.1, 0.15) is 5.75 Å². The first-order chi connectivity index (χ1) is 12.7. The Morgan fingerprint density at radius 2 is 1.77 bits per heavy atom. The topological polar surface area (TPSA) is 70.3 Å². The molecule has 0 saturated carbocycles. The summed E-state index contributed by atoms with van der Waals surface area (Å²) in [6, 6.07) is 14.8. The van der Waals surface area contributed by atoms with Crippen LogP contribution in [-0.4, -0.2) is 29.3 Å². The number of hydrogen-bond acceptors (Lipinski definition) is 6. The van der Waals surface area contributed by atoms with Gasteiger partial charge in [0, 0.05) is 5.39 Å². The van der Waals surface area contributed by atoms with Gasteiger partial charge in [0.05, 0.1) is 35.9 Å². The second kappa shape index (κ2) is 6.65. The van der Waals surface area contributed by atoms with Crippen molar-refractivity contribution in [2.75, 3.05) is 14.2 Å². The predicted molar refractivity (Wildman–Crippen MR) is 98.6 cm³/mol. The fraction of sp³-hybridized carbons (Fsp3) is 0.105. The zero-order valence-electron chi connectivity index (χ0n) is 14.1. The molecule has 0 aliphatic carbocycles. The van der Waals surface area contributed by atoms with Crippen molar-refractivity contribution in [1.29, 1.82) is 0 Å². The summed E-state index contributed by atoms with van der Waals surface area (Å²) in [6.07, 6.45) is 0. The molecule has 4 aromatic rings. The van der Waals surface area contributed by atoms with Gasteiger partial charge in [-0.05, 0) is 36.4 Å². The number of benzene rings is 2. The molecule has 2 aromatic heterocycles. The van der Waals surface area contributed by atoms with E-state index in [1.807, 2.05) is 42.5 Å². The molecule has 0 fully saturated rings. The van der Waals surface area contributed by atoms with Gasteiger partial charge in [0.2, 0.25) is 11.7 Å². The monoisotopic (exact) mass is 367 g/mol. The minimum absolute atomic E-state index is 0.332. The van der Waals surface area contributed by atoms with E-state index in [9.17, 15) is 0 Å². The van der Waals surface area contributed by atoms with Gasteiger partial charge in [-0.15, -0.1) is 0 Å². The van der Waals surface area contributed by atoms with Crippen molar-refractivity contribution in [3.63, 3.8) is 0 Å². The van der Waals surface area contributed by atoms with Gasteiger partial charge in [-0.1, -0.05) is 28.9 Å². The molecule has 0 spiro atoms. The summed E-state index contributed by atoms with van der Waals surface area (Å²) in [6.45, 7) is 0. The molecule has 2 aromatic carbocycles. The molecule has 2 heterocycles. The quantitative estimate of drug-likeness (QED) is 0.524. The van der Waals surface area contributed by atoms with Gasteiger partial charge in [-0.2, -0.15) is 4.98 Å². The van der Waals surface area contributed by atoms with Crippen LogP contribution in [0.3, 0.4) is 0 Å². The van der Waals surface area contributed by atoms with E-state index < -0.39 is 0 Å². The first-order valence-electron chi connectivity index (χ1n) is 7.81. The summed E-state index contributed by atoms with van der Waals surface area (Å²) in [5.74, 6) is 1.85. The third kappa shape index (κ3) is 2.84. The number of fused-ring (bicyclic) bond motifs is 1. The SMILES string of the molecule is COc1ccc2nc(OC)c(-c3noc(-c4ccccc4Cl)n3)cc2c1. The third-order valence-electron chi connectivity index (χ3n) is 3.95. The van der Waals surface area contributed by atoms with Gasteiger partial charge < -0.3 is 14.0 Å². The van der Waals surface area contributed by atoms with E-state index in [4.69, 9.17) is 25.6 Å². The largest absolute Gasteiger partial charge is 0.497 e. The van der Waals surface area contributed by atoms with Crippen molar-refractivity contribution >= 4 is 22.5 Å². The van der Waals surface area contributed by atoms with Crippen LogP contribution < -0.4 is 9.47 Å². The highest BCUT2D eigenvalue weighted by Crippen LogP contribution is 2.33. The van der Waals surface area contributed by atoms with Crippen LogP contribution in [0.15, 0.2) is 53.1 Å². The zero-order chi connectivity index (χ0) is 18.1. The fourth-order valence-electron chi connectivity index (χ4n) is 2.66. The van der Waals surface area contributed by atoms with Crippen LogP contribution in [-0.2, 0) is 0 Å². The lowest BCUT2D eigenvalue weighted by Gasteiger charge is -2.07. The molecule has 0 saturated heterocycles. The summed E-state index contributed by atoms with van der Waals surface area (Å²) in [5.41, 5.74) is 2.07. The Morgan fingerprint density at radius 1 is 0.923 bits per heavy atom. The van der Waals surface area contributed by atoms with Crippen LogP contribution in [0.1, 0.15) is 0 Å². The van der Waals surface area contributed by atoms with Crippen molar-refractivity contribution in [2.45, 2.75) is 0 Å². The number of pyridine rings is 1. The summed E-state index contributed by atoms with van der Waals surface area (Å²) in [4.78, 5) is 8.98. The molecule has 0 amide bonds. The number of rotatable bonds is 4. The first-order valence-corrected chi connectivity index (χ1v) is 8.19. The number of ether oxygens (including phenoxy) is 2. The van der Waals surface area contributed by atoms with E-state index in [0.29, 0.717) is 33.7 Å². The molecule has 0 radical (unpaired) electrons. The van der Waals surface area contributed by atoms with Gasteiger partial charge in [0.15, 0.2) is 0 Å². The van der Waals surface area contributed by atoms with E-state index in [1.165, 1.54) is 0 Å². The number of halogens is 1. The molecular formula is C19H14ClN3O3. The van der Waals surface area contributed by atoms with Crippen LogP contribution in [0, 0.1) is 0 Å². The molecule has 0 bridgehead atoms. The summed E-state index contributed by atoms with van der Waals surface area (Å²) < 4.78 is 16.1. The summed E-state index contributed by atoms with van der Waals surface area (Å²) >= 11 is 6.21. The van der Waals surface area contributed by atoms with E-state index in [1.54, 1.807) is 20.3 Å². The maximum atomic E-state index is 6.21. The molecular weight excluding hydrogens is 354 g/mol. The second-order valence-corrected chi connectivity index (χ2v) is 5.91. The number of aromatic nitrogens is 3. The standard InChI is InChI=1S/C19H14ClN3O3/c1-24-12-7-8-16-11(9-12)10-14(18(21-16)25-2)17-22-19(26-23-17)13-5-3-4-6-15(13)20/h3-10H,1-2H3. The molecule has 6 nitrogen and oxygen atoms in total. The smallest absolute Gasteiger partial charge is 0.259 e. The lowest BCUT2D eigenvalue weighted by atomic mass is 10.1. The van der Waals surface area contributed by atoms with Crippen LogP contribution in [0.2, 0.25) is 5.02 Å². The maximum absolute atomic E-state index is 6.21. The molecule has 4 rings (SSSR count). The summed E-state index contributed by atoms with van der Waals surface area (Å²) in [5, 5.41) is 5.48. The lowest BCUT2D eigenvalue weighted by molar-refractivity contribution is 0.399. The average molecular weight is 368 g/mol. The Kier molecular flexibility index (Phi) is 4.18. The molecule has 0 N–H and O–H groups in total. The number of methoxy groups -OCH3 is 2. The van der Waals surface area contributed by atoms with Crippen molar-refractivity contribution < 1.29 is 14.0 Å². The molecule has 26 heavy (non-hydrogen) atoms. The normalized spacial score (nSPS) is 10.9. The van der Waals surface area contributed by atoms with E-state index in [0.717, 1.165) is 16.7 Å². The van der Waals surface area contributed by atoms with Crippen LogP contribution in [0.5, 0.6) is 11.6 Å². The average Bonchev–Trinajstić information content (AvgIpc) is 3.16. The van der Waals surface area contributed by atoms with E-state index >= 15 is 0 Å². The van der Waals surface area contributed by atoms with Crippen LogP contribution in [0.4, 0.5) is 0 Å². The highest BCUT2D eigenvalue weighted by atomic mass is 35.5. The Balaban J connectivity index is 1.84. The third-order valence-corrected chi connectivity index (χ3v) is 4.28. The zero-order valence-corrected chi connectivity index (χ0v) is 14.8. The lowest BCUT2D eigenvalue weighted by Crippen LogP contribution is -1.94. The van der Waals surface area contributed by atoms with Crippen LogP contribution >= 0.6 is 11.6 Å². The minimum atomic E-state index is 0.332. The van der Waals surface area contributed by atoms with Crippen molar-refractivity contribution in [3.05, 3.63) is 53.6 Å². The van der Waals surface area contributed by atoms with Gasteiger partial charge in [-0.25, -0.2) is 4.98 Å². The highest BCUT2D eigenvalue weighted by Gasteiger charge is 2.18. The Morgan fingerprint density at radius 3 is 2.54 bits per heavy atom. The Bertz CT molecular complexity index is 1090. The Labute approximate surface area is 154 Å². The van der Waals surface area contributed by atoms with Gasteiger partial charge in [0.25, 0.3) is 5.89 Å². The molecule has 130 valence electrons. The van der Waals surface area contributed by atoms with E-state index in [-0.39, 0.29) is 0 Å².